The maximum absolute atomic E-state index is 13.2. The van der Waals surface area contributed by atoms with E-state index >= 15 is 0 Å². The lowest BCUT2D eigenvalue weighted by atomic mass is 10.1. The number of nitrogens with one attached hydrogen (secondary N) is 1. The third-order valence-corrected chi connectivity index (χ3v) is 5.21. The molecule has 2 aromatic carbocycles. The predicted molar refractivity (Wildman–Crippen MR) is 116 cm³/mol. The van der Waals surface area contributed by atoms with E-state index in [4.69, 9.17) is 0 Å². The standard InChI is InChI=1S/C23H24N4O2/c1-24-12-14-25(2)22(28)18-10-11-19-21(15-18)27(16-17-7-4-3-5-8-17)23(29)20-9-6-13-26(19)20/h3-11,13,15,24H,12,14,16H2,1-2H3. The highest BCUT2D eigenvalue weighted by molar-refractivity contribution is 5.97. The number of nitrogens with zero attached hydrogens (tertiary/aromatic N) is 3. The second-order valence-electron chi connectivity index (χ2n) is 7.17. The second-order valence-corrected chi connectivity index (χ2v) is 7.17. The minimum Gasteiger partial charge on any atom is -0.340 e. The molecule has 0 spiro atoms. The Morgan fingerprint density at radius 1 is 1.00 bits per heavy atom. The Bertz CT molecular complexity index is 1220. The van der Waals surface area contributed by atoms with Crippen molar-refractivity contribution >= 4 is 22.5 Å². The van der Waals surface area contributed by atoms with Gasteiger partial charge in [-0.1, -0.05) is 30.3 Å². The van der Waals surface area contributed by atoms with Crippen molar-refractivity contribution in [2.45, 2.75) is 6.54 Å². The number of amides is 1. The molecule has 0 bridgehead atoms. The van der Waals surface area contributed by atoms with Gasteiger partial charge in [-0.05, 0) is 42.9 Å². The molecule has 0 saturated carbocycles. The molecule has 0 radical (unpaired) electrons. The van der Waals surface area contributed by atoms with E-state index in [-0.39, 0.29) is 11.5 Å². The smallest absolute Gasteiger partial charge is 0.275 e. The average molecular weight is 388 g/mol. The SMILES string of the molecule is CNCCN(C)C(=O)c1ccc2c(c1)n(Cc1ccccc1)c(=O)c1cccn12. The average Bonchev–Trinajstić information content (AvgIpc) is 3.25. The molecule has 4 aromatic rings. The van der Waals surface area contributed by atoms with Gasteiger partial charge in [-0.25, -0.2) is 0 Å². The van der Waals surface area contributed by atoms with E-state index < -0.39 is 0 Å². The number of fused-ring (bicyclic) bond motifs is 3. The summed E-state index contributed by atoms with van der Waals surface area (Å²) in [6.45, 7) is 1.78. The van der Waals surface area contributed by atoms with Crippen LogP contribution in [0.3, 0.4) is 0 Å². The van der Waals surface area contributed by atoms with Crippen molar-refractivity contribution in [2.75, 3.05) is 27.2 Å². The Hall–Kier alpha value is -3.38. The highest BCUT2D eigenvalue weighted by Crippen LogP contribution is 2.19. The van der Waals surface area contributed by atoms with Crippen molar-refractivity contribution in [3.05, 3.63) is 88.3 Å². The number of rotatable bonds is 6. The summed E-state index contributed by atoms with van der Waals surface area (Å²) in [4.78, 5) is 27.8. The van der Waals surface area contributed by atoms with Crippen LogP contribution in [-0.2, 0) is 6.54 Å². The second kappa shape index (κ2) is 7.93. The van der Waals surface area contributed by atoms with Crippen molar-refractivity contribution in [2.24, 2.45) is 0 Å². The molecule has 0 unspecified atom stereocenters. The van der Waals surface area contributed by atoms with Gasteiger partial charge in [0, 0.05) is 31.9 Å². The molecule has 1 N–H and O–H groups in total. The molecule has 1 amide bonds. The van der Waals surface area contributed by atoms with Crippen LogP contribution >= 0.6 is 0 Å². The molecule has 0 aliphatic rings. The summed E-state index contributed by atoms with van der Waals surface area (Å²) < 4.78 is 3.64. The zero-order chi connectivity index (χ0) is 20.4. The van der Waals surface area contributed by atoms with Crippen LogP contribution in [0.1, 0.15) is 15.9 Å². The van der Waals surface area contributed by atoms with Crippen LogP contribution in [0.15, 0.2) is 71.7 Å². The first-order valence-electron chi connectivity index (χ1n) is 9.68. The molecule has 2 aromatic heterocycles. The summed E-state index contributed by atoms with van der Waals surface area (Å²) in [6, 6.07) is 19.2. The molecule has 6 heteroatoms. The van der Waals surface area contributed by atoms with E-state index in [1.165, 1.54) is 0 Å². The Labute approximate surface area is 169 Å². The van der Waals surface area contributed by atoms with Gasteiger partial charge in [-0.15, -0.1) is 0 Å². The van der Waals surface area contributed by atoms with Gasteiger partial charge in [-0.2, -0.15) is 0 Å². The van der Waals surface area contributed by atoms with Crippen LogP contribution in [0, 0.1) is 0 Å². The van der Waals surface area contributed by atoms with Crippen molar-refractivity contribution in [1.29, 1.82) is 0 Å². The summed E-state index contributed by atoms with van der Waals surface area (Å²) in [7, 11) is 3.65. The van der Waals surface area contributed by atoms with Gasteiger partial charge >= 0.3 is 0 Å². The number of carbonyl (C=O) groups excluding carboxylic acids is 1. The predicted octanol–water partition coefficient (Wildman–Crippen LogP) is 2.59. The van der Waals surface area contributed by atoms with Crippen molar-refractivity contribution in [3.8, 4) is 0 Å². The molecule has 0 fully saturated rings. The highest BCUT2D eigenvalue weighted by atomic mass is 16.2. The lowest BCUT2D eigenvalue weighted by Crippen LogP contribution is -2.33. The van der Waals surface area contributed by atoms with Crippen LogP contribution in [0.4, 0.5) is 0 Å². The third-order valence-electron chi connectivity index (χ3n) is 5.21. The lowest BCUT2D eigenvalue weighted by molar-refractivity contribution is 0.0797. The summed E-state index contributed by atoms with van der Waals surface area (Å²) >= 11 is 0. The summed E-state index contributed by atoms with van der Waals surface area (Å²) in [6.07, 6.45) is 1.88. The Balaban J connectivity index is 1.87. The topological polar surface area (TPSA) is 58.8 Å². The minimum absolute atomic E-state index is 0.0616. The molecule has 0 saturated heterocycles. The van der Waals surface area contributed by atoms with Crippen LogP contribution in [0.2, 0.25) is 0 Å². The molecule has 29 heavy (non-hydrogen) atoms. The summed E-state index contributed by atoms with van der Waals surface area (Å²) in [5.74, 6) is -0.0616. The molecule has 148 valence electrons. The lowest BCUT2D eigenvalue weighted by Gasteiger charge is -2.18. The van der Waals surface area contributed by atoms with Crippen molar-refractivity contribution in [3.63, 3.8) is 0 Å². The molecule has 4 rings (SSSR count). The Morgan fingerprint density at radius 2 is 1.79 bits per heavy atom. The van der Waals surface area contributed by atoms with E-state index in [9.17, 15) is 9.59 Å². The van der Waals surface area contributed by atoms with Gasteiger partial charge in [0.05, 0.1) is 17.6 Å². The fraction of sp³-hybridized carbons (Fsp3) is 0.217. The molecular weight excluding hydrogens is 364 g/mol. The van der Waals surface area contributed by atoms with E-state index in [0.717, 1.165) is 23.1 Å². The van der Waals surface area contributed by atoms with E-state index in [2.05, 4.69) is 5.32 Å². The number of benzene rings is 2. The Kier molecular flexibility index (Phi) is 5.18. The molecule has 0 aliphatic heterocycles. The number of carbonyl (C=O) groups is 1. The van der Waals surface area contributed by atoms with Crippen LogP contribution in [0.5, 0.6) is 0 Å². The van der Waals surface area contributed by atoms with E-state index in [1.54, 1.807) is 16.5 Å². The first-order chi connectivity index (χ1) is 14.1. The first-order valence-corrected chi connectivity index (χ1v) is 9.68. The van der Waals surface area contributed by atoms with Gasteiger partial charge in [0.1, 0.15) is 5.52 Å². The largest absolute Gasteiger partial charge is 0.340 e. The van der Waals surface area contributed by atoms with Gasteiger partial charge < -0.3 is 19.2 Å². The minimum atomic E-state index is -0.0699. The number of hydrogen-bond donors (Lipinski definition) is 1. The molecule has 0 atom stereocenters. The van der Waals surface area contributed by atoms with Crippen LogP contribution in [-0.4, -0.2) is 47.0 Å². The number of likely N-dealkylation sites (N-methyl/N-ethyl adjacent to an activating group) is 2. The molecule has 0 aliphatic carbocycles. The summed E-state index contributed by atoms with van der Waals surface area (Å²) in [5.41, 5.74) is 3.81. The highest BCUT2D eigenvalue weighted by Gasteiger charge is 2.16. The maximum Gasteiger partial charge on any atom is 0.275 e. The molecule has 6 nitrogen and oxygen atoms in total. The molecule has 2 heterocycles. The van der Waals surface area contributed by atoms with Crippen molar-refractivity contribution < 1.29 is 4.79 Å². The normalized spacial score (nSPS) is 11.2. The van der Waals surface area contributed by atoms with Crippen LogP contribution < -0.4 is 10.9 Å². The number of aromatic nitrogens is 2. The fourth-order valence-corrected chi connectivity index (χ4v) is 3.61. The number of hydrogen-bond acceptors (Lipinski definition) is 3. The van der Waals surface area contributed by atoms with Crippen molar-refractivity contribution in [1.82, 2.24) is 19.2 Å². The van der Waals surface area contributed by atoms with Gasteiger partial charge in [0.15, 0.2) is 0 Å². The fourth-order valence-electron chi connectivity index (χ4n) is 3.61. The van der Waals surface area contributed by atoms with E-state index in [0.29, 0.717) is 24.2 Å². The zero-order valence-corrected chi connectivity index (χ0v) is 16.6. The zero-order valence-electron chi connectivity index (χ0n) is 16.6. The Morgan fingerprint density at radius 3 is 2.55 bits per heavy atom. The quantitative estimate of drug-likeness (QED) is 0.552. The third kappa shape index (κ3) is 3.54. The van der Waals surface area contributed by atoms with E-state index in [1.807, 2.05) is 78.3 Å². The van der Waals surface area contributed by atoms with Gasteiger partial charge in [0.25, 0.3) is 11.5 Å². The first kappa shape index (κ1) is 19.0. The summed E-state index contributed by atoms with van der Waals surface area (Å²) in [5, 5.41) is 3.05. The monoisotopic (exact) mass is 388 g/mol. The van der Waals surface area contributed by atoms with Gasteiger partial charge in [-0.3, -0.25) is 9.59 Å². The van der Waals surface area contributed by atoms with Crippen LogP contribution in [0.25, 0.3) is 16.6 Å². The maximum atomic E-state index is 13.2. The van der Waals surface area contributed by atoms with Gasteiger partial charge in [0.2, 0.25) is 0 Å². The molecular formula is C23H24N4O2.